The fourth-order valence-corrected chi connectivity index (χ4v) is 1.12. The van der Waals surface area contributed by atoms with E-state index >= 15 is 0 Å². The van der Waals surface area contributed by atoms with Crippen LogP contribution in [-0.4, -0.2) is 22.9 Å². The normalized spacial score (nSPS) is 9.73. The van der Waals surface area contributed by atoms with Crippen LogP contribution in [0.3, 0.4) is 0 Å². The molecular formula is C9H9NO5. The molecule has 1 aromatic carbocycles. The molecule has 1 aromatic rings. The number of phenols is 1. The number of Topliss-reactive ketones (excluding diaryl/α,β-unsaturated/α-hetero) is 1. The molecule has 0 amide bonds. The number of carbonyl (C=O) groups is 1. The van der Waals surface area contributed by atoms with Gasteiger partial charge >= 0.3 is 5.69 Å². The minimum Gasteiger partial charge on any atom is -0.502 e. The third kappa shape index (κ3) is 2.04. The lowest BCUT2D eigenvalue weighted by Gasteiger charge is -2.05. The first kappa shape index (κ1) is 11.0. The molecule has 15 heavy (non-hydrogen) atoms. The number of ether oxygens (including phenoxy) is 1. The van der Waals surface area contributed by atoms with Crippen molar-refractivity contribution in [1.82, 2.24) is 0 Å². The number of ketones is 1. The molecule has 6 nitrogen and oxygen atoms in total. The number of carbonyl (C=O) groups excluding carboxylic acids is 1. The number of hydrogen-bond donors (Lipinski definition) is 1. The summed E-state index contributed by atoms with van der Waals surface area (Å²) >= 11 is 0. The zero-order valence-electron chi connectivity index (χ0n) is 8.18. The van der Waals surface area contributed by atoms with Crippen molar-refractivity contribution in [3.63, 3.8) is 0 Å². The molecule has 0 aliphatic carbocycles. The molecule has 0 saturated heterocycles. The molecule has 0 unspecified atom stereocenters. The summed E-state index contributed by atoms with van der Waals surface area (Å²) in [6.45, 7) is 1.21. The van der Waals surface area contributed by atoms with Crippen molar-refractivity contribution in [1.29, 1.82) is 0 Å². The van der Waals surface area contributed by atoms with Gasteiger partial charge in [-0.15, -0.1) is 0 Å². The van der Waals surface area contributed by atoms with Crippen molar-refractivity contribution in [3.8, 4) is 11.5 Å². The maximum Gasteiger partial charge on any atom is 0.315 e. The van der Waals surface area contributed by atoms with Crippen LogP contribution >= 0.6 is 0 Å². The standard InChI is InChI=1S/C9H9NO5/c1-5(11)7-3-6(15-2)4-8(9(7)12)10(13)14/h3-4,12H,1-2H3. The van der Waals surface area contributed by atoms with E-state index in [0.29, 0.717) is 0 Å². The summed E-state index contributed by atoms with van der Waals surface area (Å²) in [5.41, 5.74) is -0.666. The van der Waals surface area contributed by atoms with Gasteiger partial charge in [-0.1, -0.05) is 0 Å². The number of nitrogens with zero attached hydrogens (tertiary/aromatic N) is 1. The van der Waals surface area contributed by atoms with Crippen LogP contribution in [0.4, 0.5) is 5.69 Å². The number of nitro benzene ring substituents is 1. The predicted octanol–water partition coefficient (Wildman–Crippen LogP) is 1.51. The van der Waals surface area contributed by atoms with Gasteiger partial charge in [-0.25, -0.2) is 0 Å². The maximum absolute atomic E-state index is 11.1. The Kier molecular flexibility index (Phi) is 2.89. The highest BCUT2D eigenvalue weighted by atomic mass is 16.6. The van der Waals surface area contributed by atoms with Crippen LogP contribution in [0.15, 0.2) is 12.1 Å². The van der Waals surface area contributed by atoms with Crippen molar-refractivity contribution in [2.24, 2.45) is 0 Å². The van der Waals surface area contributed by atoms with Gasteiger partial charge in [0, 0.05) is 0 Å². The van der Waals surface area contributed by atoms with E-state index in [-0.39, 0.29) is 11.3 Å². The Morgan fingerprint density at radius 3 is 2.53 bits per heavy atom. The van der Waals surface area contributed by atoms with E-state index in [2.05, 4.69) is 0 Å². The van der Waals surface area contributed by atoms with Crippen LogP contribution in [0.1, 0.15) is 17.3 Å². The van der Waals surface area contributed by atoms with Crippen molar-refractivity contribution in [2.45, 2.75) is 6.92 Å². The molecule has 1 N–H and O–H groups in total. The zero-order valence-corrected chi connectivity index (χ0v) is 8.18. The summed E-state index contributed by atoms with van der Waals surface area (Å²) in [4.78, 5) is 20.8. The smallest absolute Gasteiger partial charge is 0.315 e. The minimum absolute atomic E-state index is 0.124. The number of phenolic OH excluding ortho intramolecular Hbond substituents is 1. The molecule has 0 fully saturated rings. The van der Waals surface area contributed by atoms with E-state index < -0.39 is 22.1 Å². The molecule has 80 valence electrons. The molecule has 0 atom stereocenters. The van der Waals surface area contributed by atoms with Gasteiger partial charge in [0.2, 0.25) is 5.75 Å². The highest BCUT2D eigenvalue weighted by Gasteiger charge is 2.21. The quantitative estimate of drug-likeness (QED) is 0.465. The van der Waals surface area contributed by atoms with E-state index in [4.69, 9.17) is 4.74 Å². The number of benzene rings is 1. The first-order chi connectivity index (χ1) is 6.97. The SMILES string of the molecule is COc1cc(C(C)=O)c(O)c([N+](=O)[O-])c1. The summed E-state index contributed by atoms with van der Waals surface area (Å²) in [5, 5.41) is 20.0. The fourth-order valence-electron chi connectivity index (χ4n) is 1.12. The fraction of sp³-hybridized carbons (Fsp3) is 0.222. The van der Waals surface area contributed by atoms with Crippen LogP contribution < -0.4 is 4.74 Å². The molecule has 1 rings (SSSR count). The monoisotopic (exact) mass is 211 g/mol. The summed E-state index contributed by atoms with van der Waals surface area (Å²) in [7, 11) is 1.32. The van der Waals surface area contributed by atoms with Gasteiger partial charge in [0.05, 0.1) is 23.7 Å². The Balaban J connectivity index is 3.47. The van der Waals surface area contributed by atoms with Gasteiger partial charge in [0.1, 0.15) is 5.75 Å². The minimum atomic E-state index is -0.774. The number of methoxy groups -OCH3 is 1. The lowest BCUT2D eigenvalue weighted by atomic mass is 10.1. The van der Waals surface area contributed by atoms with Gasteiger partial charge in [0.25, 0.3) is 0 Å². The highest BCUT2D eigenvalue weighted by Crippen LogP contribution is 2.34. The van der Waals surface area contributed by atoms with E-state index in [1.54, 1.807) is 0 Å². The Labute approximate surface area is 85.2 Å². The van der Waals surface area contributed by atoms with Crippen molar-refractivity contribution in [3.05, 3.63) is 27.8 Å². The van der Waals surface area contributed by atoms with Crippen LogP contribution in [0.5, 0.6) is 11.5 Å². The summed E-state index contributed by atoms with van der Waals surface area (Å²) in [6, 6.07) is 2.31. The van der Waals surface area contributed by atoms with Crippen LogP contribution in [-0.2, 0) is 0 Å². The lowest BCUT2D eigenvalue weighted by molar-refractivity contribution is -0.386. The lowest BCUT2D eigenvalue weighted by Crippen LogP contribution is -1.98. The zero-order chi connectivity index (χ0) is 11.6. The van der Waals surface area contributed by atoms with E-state index in [9.17, 15) is 20.0 Å². The van der Waals surface area contributed by atoms with E-state index in [1.165, 1.54) is 20.1 Å². The number of hydrogen-bond acceptors (Lipinski definition) is 5. The topological polar surface area (TPSA) is 89.7 Å². The van der Waals surface area contributed by atoms with Crippen LogP contribution in [0.2, 0.25) is 0 Å². The summed E-state index contributed by atoms with van der Waals surface area (Å²) < 4.78 is 4.78. The Bertz CT molecular complexity index is 392. The predicted molar refractivity (Wildman–Crippen MR) is 51.3 cm³/mol. The summed E-state index contributed by atoms with van der Waals surface area (Å²) in [6.07, 6.45) is 0. The van der Waals surface area contributed by atoms with Crippen molar-refractivity contribution >= 4 is 11.5 Å². The van der Waals surface area contributed by atoms with E-state index in [0.717, 1.165) is 6.07 Å². The van der Waals surface area contributed by atoms with Gasteiger partial charge in [-0.2, -0.15) is 0 Å². The van der Waals surface area contributed by atoms with Crippen molar-refractivity contribution in [2.75, 3.05) is 7.11 Å². The number of rotatable bonds is 3. The first-order valence-corrected chi connectivity index (χ1v) is 4.03. The average molecular weight is 211 g/mol. The molecule has 0 spiro atoms. The average Bonchev–Trinajstić information content (AvgIpc) is 2.17. The second-order valence-electron chi connectivity index (χ2n) is 2.86. The van der Waals surface area contributed by atoms with Gasteiger partial charge in [-0.3, -0.25) is 14.9 Å². The summed E-state index contributed by atoms with van der Waals surface area (Å²) in [5.74, 6) is -0.937. The second-order valence-corrected chi connectivity index (χ2v) is 2.86. The number of nitro groups is 1. The molecule has 0 heterocycles. The highest BCUT2D eigenvalue weighted by molar-refractivity contribution is 5.98. The van der Waals surface area contributed by atoms with Crippen LogP contribution in [0, 0.1) is 10.1 Å². The first-order valence-electron chi connectivity index (χ1n) is 4.03. The molecule has 6 heteroatoms. The van der Waals surface area contributed by atoms with E-state index in [1.807, 2.05) is 0 Å². The third-order valence-electron chi connectivity index (χ3n) is 1.88. The number of aromatic hydroxyl groups is 1. The Morgan fingerprint density at radius 2 is 2.13 bits per heavy atom. The van der Waals surface area contributed by atoms with Gasteiger partial charge < -0.3 is 9.84 Å². The second kappa shape index (κ2) is 3.95. The molecule has 0 radical (unpaired) electrons. The Hall–Kier alpha value is -2.11. The van der Waals surface area contributed by atoms with Crippen LogP contribution in [0.25, 0.3) is 0 Å². The molecule has 0 aromatic heterocycles. The molecule has 0 aliphatic rings. The van der Waals surface area contributed by atoms with Gasteiger partial charge in [-0.05, 0) is 13.0 Å². The largest absolute Gasteiger partial charge is 0.502 e. The molecular weight excluding hydrogens is 202 g/mol. The molecule has 0 aliphatic heterocycles. The van der Waals surface area contributed by atoms with Crippen molar-refractivity contribution < 1.29 is 19.6 Å². The maximum atomic E-state index is 11.1. The van der Waals surface area contributed by atoms with Gasteiger partial charge in [0.15, 0.2) is 5.78 Å². The third-order valence-corrected chi connectivity index (χ3v) is 1.88. The molecule has 0 saturated carbocycles. The molecule has 0 bridgehead atoms. The Morgan fingerprint density at radius 1 is 1.53 bits per heavy atom.